The van der Waals surface area contributed by atoms with Crippen LogP contribution in [0.4, 0.5) is 0 Å². The standard InChI is InChI=1S/C18H36N4O4S2/c1-15-9-16(2)12-21(11-15)27(23,24)19-5-7-20(8-6-19)28(25,26)22-13-17(3)10-18(4)14-22/h15-18H,5-14H2,1-4H3. The highest BCUT2D eigenvalue weighted by Crippen LogP contribution is 2.27. The number of piperazine rings is 1. The molecule has 4 unspecified atom stereocenters. The Bertz CT molecular complexity index is 666. The van der Waals surface area contributed by atoms with Gasteiger partial charge >= 0.3 is 0 Å². The van der Waals surface area contributed by atoms with Crippen molar-refractivity contribution in [2.75, 3.05) is 52.4 Å². The molecule has 164 valence electrons. The zero-order valence-corrected chi connectivity index (χ0v) is 19.3. The van der Waals surface area contributed by atoms with Gasteiger partial charge in [-0.25, -0.2) is 0 Å². The molecular formula is C18H36N4O4S2. The van der Waals surface area contributed by atoms with Gasteiger partial charge in [-0.2, -0.15) is 34.1 Å². The third kappa shape index (κ3) is 4.73. The smallest absolute Gasteiger partial charge is 0.195 e. The fourth-order valence-electron chi connectivity index (χ4n) is 5.05. The van der Waals surface area contributed by atoms with Crippen LogP contribution in [0.1, 0.15) is 40.5 Å². The van der Waals surface area contributed by atoms with E-state index in [1.54, 1.807) is 8.61 Å². The second kappa shape index (κ2) is 8.47. The quantitative estimate of drug-likeness (QED) is 0.660. The van der Waals surface area contributed by atoms with Crippen LogP contribution in [-0.4, -0.2) is 86.4 Å². The Labute approximate surface area is 171 Å². The lowest BCUT2D eigenvalue weighted by Gasteiger charge is -2.42. The highest BCUT2D eigenvalue weighted by atomic mass is 32.2. The minimum Gasteiger partial charge on any atom is -0.195 e. The highest BCUT2D eigenvalue weighted by molar-refractivity contribution is 7.87. The molecule has 0 aromatic carbocycles. The fraction of sp³-hybridized carbons (Fsp3) is 1.00. The molecule has 0 aromatic rings. The van der Waals surface area contributed by atoms with Crippen molar-refractivity contribution in [3.05, 3.63) is 0 Å². The van der Waals surface area contributed by atoms with Crippen LogP contribution in [0.15, 0.2) is 0 Å². The largest absolute Gasteiger partial charge is 0.282 e. The van der Waals surface area contributed by atoms with E-state index in [4.69, 9.17) is 0 Å². The van der Waals surface area contributed by atoms with Gasteiger partial charge in [0.25, 0.3) is 20.4 Å². The first kappa shape index (κ1) is 22.4. The van der Waals surface area contributed by atoms with Crippen LogP contribution >= 0.6 is 0 Å². The van der Waals surface area contributed by atoms with E-state index < -0.39 is 20.4 Å². The summed E-state index contributed by atoms with van der Waals surface area (Å²) < 4.78 is 58.3. The van der Waals surface area contributed by atoms with Crippen LogP contribution in [0, 0.1) is 23.7 Å². The average molecular weight is 437 g/mol. The molecule has 3 heterocycles. The molecule has 0 saturated carbocycles. The van der Waals surface area contributed by atoms with E-state index >= 15 is 0 Å². The van der Waals surface area contributed by atoms with Gasteiger partial charge in [0.15, 0.2) is 0 Å². The lowest BCUT2D eigenvalue weighted by molar-refractivity contribution is 0.184. The molecule has 0 aromatic heterocycles. The minimum atomic E-state index is -3.53. The molecule has 4 atom stereocenters. The van der Waals surface area contributed by atoms with Gasteiger partial charge in [0.05, 0.1) is 0 Å². The fourth-order valence-corrected chi connectivity index (χ4v) is 8.72. The molecule has 8 nitrogen and oxygen atoms in total. The summed E-state index contributed by atoms with van der Waals surface area (Å²) in [5.41, 5.74) is 0. The predicted molar refractivity (Wildman–Crippen MR) is 110 cm³/mol. The predicted octanol–water partition coefficient (Wildman–Crippen LogP) is 1.05. The number of rotatable bonds is 4. The summed E-state index contributed by atoms with van der Waals surface area (Å²) in [7, 11) is -7.06. The Kier molecular flexibility index (Phi) is 6.78. The maximum Gasteiger partial charge on any atom is 0.282 e. The third-order valence-electron chi connectivity index (χ3n) is 6.17. The molecular weight excluding hydrogens is 400 g/mol. The van der Waals surface area contributed by atoms with Crippen molar-refractivity contribution in [3.63, 3.8) is 0 Å². The minimum absolute atomic E-state index is 0.222. The second-order valence-electron chi connectivity index (χ2n) is 9.34. The summed E-state index contributed by atoms with van der Waals surface area (Å²) in [6.45, 7) is 11.4. The van der Waals surface area contributed by atoms with Gasteiger partial charge in [0, 0.05) is 52.4 Å². The molecule has 0 aliphatic carbocycles. The number of hydrogen-bond donors (Lipinski definition) is 0. The van der Waals surface area contributed by atoms with Gasteiger partial charge in [-0.05, 0) is 36.5 Å². The van der Waals surface area contributed by atoms with Crippen LogP contribution in [0.5, 0.6) is 0 Å². The molecule has 0 bridgehead atoms. The number of piperidine rings is 2. The molecule has 0 spiro atoms. The molecule has 3 aliphatic rings. The van der Waals surface area contributed by atoms with Crippen LogP contribution in [0.25, 0.3) is 0 Å². The number of hydrogen-bond acceptors (Lipinski definition) is 4. The normalized spacial score (nSPS) is 35.9. The number of nitrogens with zero attached hydrogens (tertiary/aromatic N) is 4. The summed E-state index contributed by atoms with van der Waals surface area (Å²) in [5, 5.41) is 0. The first-order chi connectivity index (χ1) is 13.0. The molecule has 3 aliphatic heterocycles. The maximum absolute atomic E-state index is 13.0. The molecule has 0 radical (unpaired) electrons. The van der Waals surface area contributed by atoms with Crippen molar-refractivity contribution in [1.82, 2.24) is 17.2 Å². The van der Waals surface area contributed by atoms with Crippen molar-refractivity contribution >= 4 is 20.4 Å². The molecule has 3 saturated heterocycles. The van der Waals surface area contributed by atoms with Gasteiger partial charge in [-0.3, -0.25) is 0 Å². The topological polar surface area (TPSA) is 81.2 Å². The SMILES string of the molecule is CC1CC(C)CN(S(=O)(=O)N2CCN(S(=O)(=O)N3CC(C)CC(C)C3)CC2)C1. The summed E-state index contributed by atoms with van der Waals surface area (Å²) in [5.74, 6) is 1.40. The lowest BCUT2D eigenvalue weighted by Crippen LogP contribution is -2.58. The van der Waals surface area contributed by atoms with E-state index in [0.29, 0.717) is 49.9 Å². The zero-order valence-electron chi connectivity index (χ0n) is 17.6. The van der Waals surface area contributed by atoms with Gasteiger partial charge < -0.3 is 0 Å². The van der Waals surface area contributed by atoms with E-state index in [2.05, 4.69) is 27.7 Å². The van der Waals surface area contributed by atoms with Crippen LogP contribution in [0.2, 0.25) is 0 Å². The highest BCUT2D eigenvalue weighted by Gasteiger charge is 2.40. The Hall–Kier alpha value is -0.260. The van der Waals surface area contributed by atoms with Crippen LogP contribution < -0.4 is 0 Å². The Morgan fingerprint density at radius 3 is 1.00 bits per heavy atom. The Morgan fingerprint density at radius 2 is 0.750 bits per heavy atom. The zero-order chi connectivity index (χ0) is 20.7. The molecule has 10 heteroatoms. The monoisotopic (exact) mass is 436 g/mol. The Balaban J connectivity index is 1.63. The molecule has 3 rings (SSSR count). The average Bonchev–Trinajstić information content (AvgIpc) is 2.60. The molecule has 3 fully saturated rings. The van der Waals surface area contributed by atoms with Crippen molar-refractivity contribution in [3.8, 4) is 0 Å². The van der Waals surface area contributed by atoms with E-state index in [0.717, 1.165) is 12.8 Å². The maximum atomic E-state index is 13.0. The van der Waals surface area contributed by atoms with E-state index in [9.17, 15) is 16.8 Å². The molecule has 0 amide bonds. The first-order valence-electron chi connectivity index (χ1n) is 10.5. The summed E-state index contributed by atoms with van der Waals surface area (Å²) in [6, 6.07) is 0. The van der Waals surface area contributed by atoms with Crippen molar-refractivity contribution < 1.29 is 16.8 Å². The van der Waals surface area contributed by atoms with Gasteiger partial charge in [-0.1, -0.05) is 27.7 Å². The van der Waals surface area contributed by atoms with E-state index in [1.807, 2.05) is 0 Å². The summed E-state index contributed by atoms with van der Waals surface area (Å²) >= 11 is 0. The van der Waals surface area contributed by atoms with Crippen molar-refractivity contribution in [1.29, 1.82) is 0 Å². The van der Waals surface area contributed by atoms with Gasteiger partial charge in [0.2, 0.25) is 0 Å². The van der Waals surface area contributed by atoms with E-state index in [1.165, 1.54) is 8.61 Å². The van der Waals surface area contributed by atoms with Crippen LogP contribution in [-0.2, 0) is 20.4 Å². The molecule has 0 N–H and O–H groups in total. The van der Waals surface area contributed by atoms with Crippen molar-refractivity contribution in [2.45, 2.75) is 40.5 Å². The van der Waals surface area contributed by atoms with Crippen LogP contribution in [0.3, 0.4) is 0 Å². The molecule has 28 heavy (non-hydrogen) atoms. The lowest BCUT2D eigenvalue weighted by atomic mass is 9.94. The Morgan fingerprint density at radius 1 is 0.500 bits per heavy atom. The second-order valence-corrected chi connectivity index (χ2v) is 13.2. The van der Waals surface area contributed by atoms with Gasteiger partial charge in [-0.15, -0.1) is 0 Å². The summed E-state index contributed by atoms with van der Waals surface area (Å²) in [4.78, 5) is 0. The van der Waals surface area contributed by atoms with Gasteiger partial charge in [0.1, 0.15) is 0 Å². The summed E-state index contributed by atoms with van der Waals surface area (Å²) in [6.07, 6.45) is 2.09. The van der Waals surface area contributed by atoms with Crippen molar-refractivity contribution in [2.24, 2.45) is 23.7 Å². The van der Waals surface area contributed by atoms with E-state index in [-0.39, 0.29) is 26.2 Å². The first-order valence-corrected chi connectivity index (χ1v) is 13.3. The third-order valence-corrected chi connectivity index (χ3v) is 10.1.